The zero-order valence-electron chi connectivity index (χ0n) is 17.5. The largest absolute Gasteiger partial charge is 0.493 e. The van der Waals surface area contributed by atoms with E-state index >= 15 is 0 Å². The summed E-state index contributed by atoms with van der Waals surface area (Å²) in [4.78, 5) is 12.6. The van der Waals surface area contributed by atoms with Crippen LogP contribution in [0.3, 0.4) is 0 Å². The topological polar surface area (TPSA) is 60.7 Å². The minimum atomic E-state index is -0.973. The number of aromatic nitrogens is 1. The number of carboxylic acid groups (broad SMARTS) is 1. The lowest BCUT2D eigenvalue weighted by Crippen LogP contribution is -2.20. The molecule has 1 N–H and O–H groups in total. The first-order chi connectivity index (χ1) is 14.4. The summed E-state index contributed by atoms with van der Waals surface area (Å²) >= 11 is 6.49. The van der Waals surface area contributed by atoms with E-state index < -0.39 is 5.97 Å². The summed E-state index contributed by atoms with van der Waals surface area (Å²) in [6, 6.07) is 11.4. The molecular weight excluding hydrogens is 402 g/mol. The van der Waals surface area contributed by atoms with Crippen molar-refractivity contribution in [2.75, 3.05) is 14.2 Å². The molecule has 3 aromatic rings. The Kier molecular flexibility index (Phi) is 5.24. The molecule has 0 fully saturated rings. The monoisotopic (exact) mass is 425 g/mol. The van der Waals surface area contributed by atoms with Gasteiger partial charge in [-0.25, -0.2) is 4.79 Å². The van der Waals surface area contributed by atoms with Crippen LogP contribution in [0.4, 0.5) is 0 Å². The van der Waals surface area contributed by atoms with Gasteiger partial charge in [0.15, 0.2) is 11.5 Å². The number of aromatic carboxylic acids is 1. The van der Waals surface area contributed by atoms with Gasteiger partial charge >= 0.3 is 5.97 Å². The fourth-order valence-corrected chi connectivity index (χ4v) is 4.84. The van der Waals surface area contributed by atoms with Crippen molar-refractivity contribution in [3.63, 3.8) is 0 Å². The first-order valence-corrected chi connectivity index (χ1v) is 10.3. The van der Waals surface area contributed by atoms with E-state index in [1.54, 1.807) is 20.3 Å². The predicted molar refractivity (Wildman–Crippen MR) is 118 cm³/mol. The number of fused-ring (bicyclic) bond motifs is 3. The highest BCUT2D eigenvalue weighted by molar-refractivity contribution is 6.33. The Balaban J connectivity index is 2.12. The molecule has 0 aliphatic carbocycles. The highest BCUT2D eigenvalue weighted by atomic mass is 35.5. The minimum absolute atomic E-state index is 0.139. The van der Waals surface area contributed by atoms with Crippen LogP contribution in [0.2, 0.25) is 5.02 Å². The van der Waals surface area contributed by atoms with E-state index in [-0.39, 0.29) is 11.6 Å². The number of hydrogen-bond acceptors (Lipinski definition) is 3. The highest BCUT2D eigenvalue weighted by Crippen LogP contribution is 2.49. The summed E-state index contributed by atoms with van der Waals surface area (Å²) in [6.45, 7) is 4.10. The number of rotatable bonds is 5. The Morgan fingerprint density at radius 3 is 2.43 bits per heavy atom. The highest BCUT2D eigenvalue weighted by Gasteiger charge is 2.35. The lowest BCUT2D eigenvalue weighted by molar-refractivity contribution is 0.0698. The molecule has 0 amide bonds. The van der Waals surface area contributed by atoms with Gasteiger partial charge in [-0.2, -0.15) is 0 Å². The maximum Gasteiger partial charge on any atom is 0.338 e. The Bertz CT molecular complexity index is 1150. The van der Waals surface area contributed by atoms with Crippen LogP contribution in [0.1, 0.15) is 41.0 Å². The number of carbonyl (C=O) groups is 1. The second-order valence-electron chi connectivity index (χ2n) is 7.47. The molecular formula is C24H24ClNO4. The van der Waals surface area contributed by atoms with Gasteiger partial charge in [-0.15, -0.1) is 0 Å². The first kappa shape index (κ1) is 20.4. The van der Waals surface area contributed by atoms with Crippen LogP contribution in [-0.4, -0.2) is 29.9 Å². The van der Waals surface area contributed by atoms with Gasteiger partial charge in [0.2, 0.25) is 0 Å². The van der Waals surface area contributed by atoms with Gasteiger partial charge in [0.1, 0.15) is 0 Å². The van der Waals surface area contributed by atoms with Crippen LogP contribution >= 0.6 is 11.6 Å². The van der Waals surface area contributed by atoms with Crippen LogP contribution in [0.5, 0.6) is 11.5 Å². The van der Waals surface area contributed by atoms with Crippen molar-refractivity contribution in [3.05, 3.63) is 58.2 Å². The quantitative estimate of drug-likeness (QED) is 0.544. The van der Waals surface area contributed by atoms with E-state index in [0.717, 1.165) is 35.2 Å². The molecule has 1 unspecified atom stereocenters. The van der Waals surface area contributed by atoms with E-state index in [0.29, 0.717) is 27.8 Å². The summed E-state index contributed by atoms with van der Waals surface area (Å²) in [5.74, 6) is 0.248. The van der Waals surface area contributed by atoms with Crippen molar-refractivity contribution in [2.45, 2.75) is 32.7 Å². The molecule has 4 rings (SSSR count). The molecule has 30 heavy (non-hydrogen) atoms. The molecule has 1 aliphatic heterocycles. The fraction of sp³-hybridized carbons (Fsp3) is 0.292. The number of nitrogens with zero attached hydrogens (tertiary/aromatic N) is 1. The van der Waals surface area contributed by atoms with Crippen LogP contribution in [0.25, 0.3) is 22.4 Å². The Labute approximate surface area is 180 Å². The minimum Gasteiger partial charge on any atom is -0.493 e. The van der Waals surface area contributed by atoms with Crippen LogP contribution < -0.4 is 9.47 Å². The zero-order chi connectivity index (χ0) is 21.6. The fourth-order valence-electron chi connectivity index (χ4n) is 4.61. The first-order valence-electron chi connectivity index (χ1n) is 9.91. The summed E-state index contributed by atoms with van der Waals surface area (Å²) in [5.41, 5.74) is 5.19. The average Bonchev–Trinajstić information content (AvgIpc) is 3.06. The number of methoxy groups -OCH3 is 2. The standard InChI is InChI=1S/C24H24ClNO4/c1-5-15-10-14-11-19(29-3)20(30-4)12-17(14)23-22(24(27)28)21(13(2)26(15)23)16-8-6-7-9-18(16)25/h6-9,11-12,15H,5,10H2,1-4H3,(H,27,28). The second-order valence-corrected chi connectivity index (χ2v) is 7.88. The van der Waals surface area contributed by atoms with E-state index in [4.69, 9.17) is 21.1 Å². The Morgan fingerprint density at radius 1 is 1.17 bits per heavy atom. The Hall–Kier alpha value is -2.92. The van der Waals surface area contributed by atoms with E-state index in [2.05, 4.69) is 11.5 Å². The third-order valence-electron chi connectivity index (χ3n) is 5.96. The molecule has 0 saturated carbocycles. The maximum absolute atomic E-state index is 12.6. The molecule has 1 atom stereocenters. The maximum atomic E-state index is 12.6. The molecule has 156 valence electrons. The summed E-state index contributed by atoms with van der Waals surface area (Å²) in [7, 11) is 3.19. The van der Waals surface area contributed by atoms with Crippen molar-refractivity contribution in [1.82, 2.24) is 4.57 Å². The smallest absolute Gasteiger partial charge is 0.338 e. The molecule has 1 aromatic heterocycles. The normalized spacial score (nSPS) is 14.8. The zero-order valence-corrected chi connectivity index (χ0v) is 18.2. The Morgan fingerprint density at radius 2 is 1.83 bits per heavy atom. The van der Waals surface area contributed by atoms with E-state index in [1.165, 1.54) is 0 Å². The van der Waals surface area contributed by atoms with Gasteiger partial charge in [-0.1, -0.05) is 36.7 Å². The van der Waals surface area contributed by atoms with Crippen molar-refractivity contribution in [2.24, 2.45) is 0 Å². The molecule has 2 aromatic carbocycles. The van der Waals surface area contributed by atoms with E-state index in [9.17, 15) is 9.90 Å². The van der Waals surface area contributed by atoms with Gasteiger partial charge < -0.3 is 19.1 Å². The summed E-state index contributed by atoms with van der Waals surface area (Å²) in [5, 5.41) is 10.8. The average molecular weight is 426 g/mol. The van der Waals surface area contributed by atoms with Gasteiger partial charge in [0, 0.05) is 33.4 Å². The van der Waals surface area contributed by atoms with E-state index in [1.807, 2.05) is 37.3 Å². The molecule has 0 spiro atoms. The predicted octanol–water partition coefficient (Wildman–Crippen LogP) is 6.01. The third-order valence-corrected chi connectivity index (χ3v) is 6.29. The van der Waals surface area contributed by atoms with Gasteiger partial charge in [0.05, 0.1) is 25.5 Å². The van der Waals surface area contributed by atoms with Gasteiger partial charge in [-0.3, -0.25) is 0 Å². The number of benzene rings is 2. The van der Waals surface area contributed by atoms with Crippen molar-refractivity contribution >= 4 is 17.6 Å². The molecule has 0 bridgehead atoms. The number of halogens is 1. The molecule has 0 radical (unpaired) electrons. The lowest BCUT2D eigenvalue weighted by Gasteiger charge is -2.30. The van der Waals surface area contributed by atoms with Gasteiger partial charge in [-0.05, 0) is 43.5 Å². The summed E-state index contributed by atoms with van der Waals surface area (Å²) in [6.07, 6.45) is 1.66. The van der Waals surface area contributed by atoms with Crippen LogP contribution in [0.15, 0.2) is 36.4 Å². The lowest BCUT2D eigenvalue weighted by atomic mass is 9.90. The molecule has 5 nitrogen and oxygen atoms in total. The second kappa shape index (κ2) is 7.73. The van der Waals surface area contributed by atoms with Crippen molar-refractivity contribution < 1.29 is 19.4 Å². The van der Waals surface area contributed by atoms with Crippen molar-refractivity contribution in [1.29, 1.82) is 0 Å². The van der Waals surface area contributed by atoms with Crippen LogP contribution in [-0.2, 0) is 6.42 Å². The molecule has 6 heteroatoms. The number of carboxylic acids is 1. The van der Waals surface area contributed by atoms with Gasteiger partial charge in [0.25, 0.3) is 0 Å². The van der Waals surface area contributed by atoms with Crippen LogP contribution in [0, 0.1) is 6.92 Å². The molecule has 0 saturated heterocycles. The molecule has 1 aliphatic rings. The number of hydrogen-bond donors (Lipinski definition) is 1. The summed E-state index contributed by atoms with van der Waals surface area (Å²) < 4.78 is 13.2. The number of ether oxygens (including phenoxy) is 2. The third kappa shape index (κ3) is 2.96. The SMILES string of the molecule is CCC1Cc2cc(OC)c(OC)cc2-c2c(C(=O)O)c(-c3ccccc3Cl)c(C)n21. The van der Waals surface area contributed by atoms with Crippen molar-refractivity contribution in [3.8, 4) is 33.9 Å². The molecule has 2 heterocycles.